The highest BCUT2D eigenvalue weighted by Crippen LogP contribution is 2.24. The molecule has 0 aliphatic rings. The predicted octanol–water partition coefficient (Wildman–Crippen LogP) is 4.70. The number of hydrogen-bond donors (Lipinski definition) is 0. The zero-order valence-electron chi connectivity index (χ0n) is 14.7. The molecule has 0 unspecified atom stereocenters. The fraction of sp³-hybridized carbons (Fsp3) is 0.300. The van der Waals surface area contributed by atoms with E-state index in [1.54, 1.807) is 11.8 Å². The van der Waals surface area contributed by atoms with Crippen molar-refractivity contribution in [2.75, 3.05) is 12.4 Å². The lowest BCUT2D eigenvalue weighted by Gasteiger charge is -2.09. The molecule has 0 saturated heterocycles. The number of hydrogen-bond acceptors (Lipinski definition) is 4. The number of thioether (sulfide) groups is 1. The van der Waals surface area contributed by atoms with Gasteiger partial charge < -0.3 is 4.74 Å². The molecule has 0 amide bonds. The van der Waals surface area contributed by atoms with Gasteiger partial charge in [-0.05, 0) is 56.5 Å². The van der Waals surface area contributed by atoms with E-state index >= 15 is 0 Å². The minimum Gasteiger partial charge on any atom is -0.494 e. The molecule has 1 aromatic heterocycles. The molecule has 0 N–H and O–H groups in total. The van der Waals surface area contributed by atoms with Crippen LogP contribution in [0.2, 0.25) is 0 Å². The largest absolute Gasteiger partial charge is 0.494 e. The molecule has 0 atom stereocenters. The van der Waals surface area contributed by atoms with Gasteiger partial charge in [-0.1, -0.05) is 42.1 Å². The number of aryl methyl sites for hydroxylation is 2. The minimum atomic E-state index is 0.674. The Balaban J connectivity index is 1.63. The third-order valence-corrected chi connectivity index (χ3v) is 4.90. The van der Waals surface area contributed by atoms with Gasteiger partial charge in [-0.25, -0.2) is 0 Å². The summed E-state index contributed by atoms with van der Waals surface area (Å²) in [6.45, 7) is 4.65. The summed E-state index contributed by atoms with van der Waals surface area (Å²) in [4.78, 5) is 0. The molecule has 5 heteroatoms. The highest BCUT2D eigenvalue weighted by molar-refractivity contribution is 7.99. The second-order valence-corrected chi connectivity index (χ2v) is 6.79. The molecule has 0 radical (unpaired) electrons. The molecule has 0 fully saturated rings. The van der Waals surface area contributed by atoms with E-state index in [2.05, 4.69) is 57.2 Å². The maximum atomic E-state index is 5.51. The Morgan fingerprint density at radius 3 is 2.48 bits per heavy atom. The van der Waals surface area contributed by atoms with E-state index in [9.17, 15) is 0 Å². The zero-order valence-corrected chi connectivity index (χ0v) is 15.5. The Morgan fingerprint density at radius 2 is 1.76 bits per heavy atom. The van der Waals surface area contributed by atoms with Crippen LogP contribution in [0.3, 0.4) is 0 Å². The maximum absolute atomic E-state index is 5.51. The Morgan fingerprint density at radius 1 is 1.00 bits per heavy atom. The summed E-state index contributed by atoms with van der Waals surface area (Å²) in [6, 6.07) is 18.7. The highest BCUT2D eigenvalue weighted by Gasteiger charge is 2.11. The van der Waals surface area contributed by atoms with Gasteiger partial charge in [0.25, 0.3) is 0 Å². The molecule has 0 aliphatic heterocycles. The van der Waals surface area contributed by atoms with E-state index in [0.29, 0.717) is 6.61 Å². The second kappa shape index (κ2) is 8.72. The average Bonchev–Trinajstić information content (AvgIpc) is 3.01. The van der Waals surface area contributed by atoms with Crippen LogP contribution in [0.25, 0.3) is 5.69 Å². The van der Waals surface area contributed by atoms with Crippen molar-refractivity contribution in [3.63, 3.8) is 0 Å². The first-order valence-corrected chi connectivity index (χ1v) is 9.58. The van der Waals surface area contributed by atoms with Crippen LogP contribution in [0.15, 0.2) is 59.8 Å². The molecule has 0 spiro atoms. The van der Waals surface area contributed by atoms with Crippen molar-refractivity contribution in [2.45, 2.75) is 31.8 Å². The molecule has 0 aliphatic carbocycles. The van der Waals surface area contributed by atoms with Gasteiger partial charge in [-0.2, -0.15) is 0 Å². The van der Waals surface area contributed by atoms with Crippen molar-refractivity contribution in [2.24, 2.45) is 0 Å². The van der Waals surface area contributed by atoms with Crippen molar-refractivity contribution in [3.05, 3.63) is 66.0 Å². The highest BCUT2D eigenvalue weighted by atomic mass is 32.2. The molecule has 25 heavy (non-hydrogen) atoms. The van der Waals surface area contributed by atoms with Gasteiger partial charge in [0.2, 0.25) is 0 Å². The number of aromatic nitrogens is 3. The molecule has 130 valence electrons. The van der Waals surface area contributed by atoms with Crippen LogP contribution in [0.5, 0.6) is 5.75 Å². The Kier molecular flexibility index (Phi) is 6.12. The average molecular weight is 353 g/mol. The van der Waals surface area contributed by atoms with E-state index in [1.165, 1.54) is 5.56 Å². The molecular weight excluding hydrogens is 330 g/mol. The molecule has 1 heterocycles. The van der Waals surface area contributed by atoms with Gasteiger partial charge in [0.05, 0.1) is 6.61 Å². The normalized spacial score (nSPS) is 10.8. The minimum absolute atomic E-state index is 0.674. The van der Waals surface area contributed by atoms with Gasteiger partial charge >= 0.3 is 0 Å². The van der Waals surface area contributed by atoms with Crippen LogP contribution >= 0.6 is 11.8 Å². The standard InChI is InChI=1S/C20H23N3OS/c1-3-24-19-13-11-18(12-14-19)23-16(2)21-22-20(23)25-15-7-10-17-8-5-4-6-9-17/h4-6,8-9,11-14H,3,7,10,15H2,1-2H3. The van der Waals surface area contributed by atoms with Crippen molar-refractivity contribution in [3.8, 4) is 11.4 Å². The van der Waals surface area contributed by atoms with Crippen molar-refractivity contribution >= 4 is 11.8 Å². The van der Waals surface area contributed by atoms with Crippen molar-refractivity contribution < 1.29 is 4.74 Å². The van der Waals surface area contributed by atoms with Crippen LogP contribution in [-0.2, 0) is 6.42 Å². The molecule has 2 aromatic carbocycles. The smallest absolute Gasteiger partial charge is 0.195 e. The zero-order chi connectivity index (χ0) is 17.5. The summed E-state index contributed by atoms with van der Waals surface area (Å²) in [5.41, 5.74) is 2.45. The van der Waals surface area contributed by atoms with E-state index in [4.69, 9.17) is 4.74 Å². The van der Waals surface area contributed by atoms with Gasteiger partial charge in [0.15, 0.2) is 5.16 Å². The molecule has 4 nitrogen and oxygen atoms in total. The lowest BCUT2D eigenvalue weighted by atomic mass is 10.1. The van der Waals surface area contributed by atoms with E-state index < -0.39 is 0 Å². The van der Waals surface area contributed by atoms with Crippen LogP contribution < -0.4 is 4.74 Å². The number of rotatable bonds is 8. The molecule has 0 saturated carbocycles. The van der Waals surface area contributed by atoms with Crippen LogP contribution in [0.1, 0.15) is 24.7 Å². The third-order valence-electron chi connectivity index (χ3n) is 3.88. The Labute approximate surface area is 153 Å². The summed E-state index contributed by atoms with van der Waals surface area (Å²) >= 11 is 1.75. The fourth-order valence-electron chi connectivity index (χ4n) is 2.68. The van der Waals surface area contributed by atoms with E-state index in [0.717, 1.165) is 41.0 Å². The monoisotopic (exact) mass is 353 g/mol. The Hall–Kier alpha value is -2.27. The lowest BCUT2D eigenvalue weighted by Crippen LogP contribution is -2.00. The van der Waals surface area contributed by atoms with Gasteiger partial charge in [0, 0.05) is 11.4 Å². The first-order chi connectivity index (χ1) is 12.3. The van der Waals surface area contributed by atoms with Crippen molar-refractivity contribution in [1.82, 2.24) is 14.8 Å². The summed E-state index contributed by atoms with van der Waals surface area (Å²) < 4.78 is 7.61. The quantitative estimate of drug-likeness (QED) is 0.435. The van der Waals surface area contributed by atoms with E-state index in [1.807, 2.05) is 26.0 Å². The number of ether oxygens (including phenoxy) is 1. The second-order valence-electron chi connectivity index (χ2n) is 5.73. The summed E-state index contributed by atoms with van der Waals surface area (Å²) in [7, 11) is 0. The van der Waals surface area contributed by atoms with Crippen LogP contribution in [0.4, 0.5) is 0 Å². The first-order valence-electron chi connectivity index (χ1n) is 8.60. The van der Waals surface area contributed by atoms with Crippen LogP contribution in [0, 0.1) is 6.92 Å². The molecular formula is C20H23N3OS. The van der Waals surface area contributed by atoms with Gasteiger partial charge in [-0.15, -0.1) is 10.2 Å². The molecule has 0 bridgehead atoms. The first kappa shape index (κ1) is 17.5. The van der Waals surface area contributed by atoms with Crippen LogP contribution in [-0.4, -0.2) is 27.1 Å². The fourth-order valence-corrected chi connectivity index (χ4v) is 3.61. The summed E-state index contributed by atoms with van der Waals surface area (Å²) in [6.07, 6.45) is 2.20. The van der Waals surface area contributed by atoms with Gasteiger partial charge in [-0.3, -0.25) is 4.57 Å². The lowest BCUT2D eigenvalue weighted by molar-refractivity contribution is 0.340. The summed E-state index contributed by atoms with van der Waals surface area (Å²) in [5.74, 6) is 2.80. The maximum Gasteiger partial charge on any atom is 0.195 e. The van der Waals surface area contributed by atoms with Gasteiger partial charge in [0.1, 0.15) is 11.6 Å². The summed E-state index contributed by atoms with van der Waals surface area (Å²) in [5, 5.41) is 9.53. The molecule has 3 rings (SSSR count). The number of benzene rings is 2. The topological polar surface area (TPSA) is 39.9 Å². The van der Waals surface area contributed by atoms with Crippen molar-refractivity contribution in [1.29, 1.82) is 0 Å². The third kappa shape index (κ3) is 4.63. The van der Waals surface area contributed by atoms with E-state index in [-0.39, 0.29) is 0 Å². The number of nitrogens with zero attached hydrogens (tertiary/aromatic N) is 3. The SMILES string of the molecule is CCOc1ccc(-n2c(C)nnc2SCCCc2ccccc2)cc1. The molecule has 3 aromatic rings. The Bertz CT molecular complexity index is 784. The predicted molar refractivity (Wildman–Crippen MR) is 103 cm³/mol.